The smallest absolute Gasteiger partial charge is 0.207 e. The summed E-state index contributed by atoms with van der Waals surface area (Å²) in [6, 6.07) is 7.12. The van der Waals surface area contributed by atoms with Gasteiger partial charge in [-0.3, -0.25) is 0 Å². The predicted molar refractivity (Wildman–Crippen MR) is 100 cm³/mol. The molecule has 1 aromatic carbocycles. The first-order chi connectivity index (χ1) is 11.4. The van der Waals surface area contributed by atoms with Gasteiger partial charge in [-0.1, -0.05) is 55.2 Å². The van der Waals surface area contributed by atoms with Gasteiger partial charge in [-0.2, -0.15) is 4.31 Å². The van der Waals surface area contributed by atoms with Crippen molar-refractivity contribution in [3.63, 3.8) is 0 Å². The van der Waals surface area contributed by atoms with E-state index in [1.54, 1.807) is 16.4 Å². The van der Waals surface area contributed by atoms with Gasteiger partial charge in [-0.15, -0.1) is 6.58 Å². The Hall–Kier alpha value is -1.39. The van der Waals surface area contributed by atoms with Gasteiger partial charge >= 0.3 is 0 Å². The maximum atomic E-state index is 13.0. The Labute approximate surface area is 147 Å². The molecule has 0 fully saturated rings. The van der Waals surface area contributed by atoms with Crippen molar-refractivity contribution in [2.75, 3.05) is 13.1 Å². The lowest BCUT2D eigenvalue weighted by atomic mass is 9.87. The summed E-state index contributed by atoms with van der Waals surface area (Å²) in [7, 11) is -3.44. The number of benzene rings is 1. The van der Waals surface area contributed by atoms with Crippen molar-refractivity contribution < 1.29 is 8.42 Å². The average Bonchev–Trinajstić information content (AvgIpc) is 2.54. The molecule has 24 heavy (non-hydrogen) atoms. The van der Waals surface area contributed by atoms with E-state index in [0.29, 0.717) is 18.0 Å². The Balaban J connectivity index is 2.31. The number of nitrogens with zero attached hydrogens (tertiary/aromatic N) is 1. The molecule has 1 heterocycles. The fourth-order valence-electron chi connectivity index (χ4n) is 3.35. The van der Waals surface area contributed by atoms with E-state index in [4.69, 9.17) is 0 Å². The van der Waals surface area contributed by atoms with Crippen LogP contribution >= 0.6 is 0 Å². The highest BCUT2D eigenvalue weighted by atomic mass is 32.2. The average molecular weight is 348 g/mol. The number of hydrogen-bond donors (Lipinski definition) is 0. The third-order valence-electron chi connectivity index (χ3n) is 4.74. The third-order valence-corrected chi connectivity index (χ3v) is 6.57. The van der Waals surface area contributed by atoms with Gasteiger partial charge in [0, 0.05) is 13.1 Å². The highest BCUT2D eigenvalue weighted by Crippen LogP contribution is 2.32. The summed E-state index contributed by atoms with van der Waals surface area (Å²) in [5.41, 5.74) is 3.73. The molecule has 0 radical (unpaired) electrons. The van der Waals surface area contributed by atoms with Crippen LogP contribution in [0, 0.1) is 12.8 Å². The molecule has 0 aliphatic carbocycles. The van der Waals surface area contributed by atoms with Crippen molar-refractivity contribution in [2.45, 2.75) is 51.3 Å². The highest BCUT2D eigenvalue weighted by Gasteiger charge is 2.32. The molecule has 0 saturated heterocycles. The molecule has 1 aliphatic heterocycles. The standard InChI is InChI=1S/C20H29NO2S/c1-5-7-9-20-17(4)14-21(15-18(20)8-6-2)24(22,23)19-12-10-16(3)11-13-19/h6,10-13,17H,2,5,7-9,14-15H2,1,3-4H3. The van der Waals surface area contributed by atoms with Crippen LogP contribution in [-0.4, -0.2) is 25.8 Å². The number of sulfonamides is 1. The van der Waals surface area contributed by atoms with Crippen molar-refractivity contribution in [2.24, 2.45) is 5.92 Å². The van der Waals surface area contributed by atoms with Gasteiger partial charge in [0.15, 0.2) is 0 Å². The van der Waals surface area contributed by atoms with Crippen molar-refractivity contribution in [1.82, 2.24) is 4.31 Å². The Bertz CT molecular complexity index is 702. The Morgan fingerprint density at radius 1 is 1.29 bits per heavy atom. The molecule has 132 valence electrons. The lowest BCUT2D eigenvalue weighted by Crippen LogP contribution is -2.40. The molecule has 1 aliphatic rings. The second kappa shape index (κ2) is 8.13. The minimum Gasteiger partial charge on any atom is -0.207 e. The van der Waals surface area contributed by atoms with Crippen molar-refractivity contribution in [3.05, 3.63) is 53.6 Å². The Kier molecular flexibility index (Phi) is 6.41. The molecule has 4 heteroatoms. The SMILES string of the molecule is C=CCC1=C(CCCC)C(C)CN(S(=O)(=O)c2ccc(C)cc2)C1. The number of rotatable bonds is 7. The second-order valence-corrected chi connectivity index (χ2v) is 8.67. The largest absolute Gasteiger partial charge is 0.243 e. The van der Waals surface area contributed by atoms with Gasteiger partial charge in [-0.05, 0) is 44.2 Å². The van der Waals surface area contributed by atoms with E-state index in [9.17, 15) is 8.42 Å². The van der Waals surface area contributed by atoms with E-state index in [0.717, 1.165) is 31.2 Å². The zero-order valence-corrected chi connectivity index (χ0v) is 15.9. The van der Waals surface area contributed by atoms with Crippen LogP contribution in [0.1, 0.15) is 45.1 Å². The van der Waals surface area contributed by atoms with Crippen LogP contribution in [0.15, 0.2) is 53.0 Å². The Morgan fingerprint density at radius 2 is 1.96 bits per heavy atom. The van der Waals surface area contributed by atoms with Crippen LogP contribution in [0.5, 0.6) is 0 Å². The number of aryl methyl sites for hydroxylation is 1. The third kappa shape index (κ3) is 4.17. The summed E-state index contributed by atoms with van der Waals surface area (Å²) in [5.74, 6) is 0.264. The van der Waals surface area contributed by atoms with Crippen LogP contribution in [-0.2, 0) is 10.0 Å². The molecule has 2 rings (SSSR count). The highest BCUT2D eigenvalue weighted by molar-refractivity contribution is 7.89. The lowest BCUT2D eigenvalue weighted by molar-refractivity contribution is 0.362. The van der Waals surface area contributed by atoms with Crippen LogP contribution in [0.2, 0.25) is 0 Å². The zero-order valence-electron chi connectivity index (χ0n) is 15.1. The predicted octanol–water partition coefficient (Wildman–Crippen LogP) is 4.70. The summed E-state index contributed by atoms with van der Waals surface area (Å²) in [6.07, 6.45) is 6.03. The van der Waals surface area contributed by atoms with E-state index in [-0.39, 0.29) is 5.92 Å². The van der Waals surface area contributed by atoms with E-state index in [1.807, 2.05) is 25.1 Å². The summed E-state index contributed by atoms with van der Waals surface area (Å²) >= 11 is 0. The second-order valence-electron chi connectivity index (χ2n) is 6.74. The molecular weight excluding hydrogens is 318 g/mol. The minimum atomic E-state index is -3.44. The fourth-order valence-corrected chi connectivity index (χ4v) is 4.87. The van der Waals surface area contributed by atoms with Crippen LogP contribution in [0.3, 0.4) is 0 Å². The van der Waals surface area contributed by atoms with Gasteiger partial charge in [0.2, 0.25) is 10.0 Å². The zero-order chi connectivity index (χ0) is 17.7. The van der Waals surface area contributed by atoms with Gasteiger partial charge in [0.1, 0.15) is 0 Å². The van der Waals surface area contributed by atoms with Gasteiger partial charge in [0.25, 0.3) is 0 Å². The molecular formula is C20H29NO2S. The first kappa shape index (κ1) is 18.9. The van der Waals surface area contributed by atoms with E-state index >= 15 is 0 Å². The van der Waals surface area contributed by atoms with Crippen molar-refractivity contribution in [1.29, 1.82) is 0 Å². The summed E-state index contributed by atoms with van der Waals surface area (Å²) in [4.78, 5) is 0.385. The van der Waals surface area contributed by atoms with Crippen molar-refractivity contribution >= 4 is 10.0 Å². The fraction of sp³-hybridized carbons (Fsp3) is 0.500. The molecule has 1 atom stereocenters. The van der Waals surface area contributed by atoms with Crippen LogP contribution < -0.4 is 0 Å². The first-order valence-electron chi connectivity index (χ1n) is 8.78. The van der Waals surface area contributed by atoms with Gasteiger partial charge in [-0.25, -0.2) is 8.42 Å². The maximum Gasteiger partial charge on any atom is 0.243 e. The molecule has 3 nitrogen and oxygen atoms in total. The summed E-state index contributed by atoms with van der Waals surface area (Å²) in [6.45, 7) is 11.2. The van der Waals surface area contributed by atoms with E-state index in [2.05, 4.69) is 20.4 Å². The topological polar surface area (TPSA) is 37.4 Å². The molecule has 0 aromatic heterocycles. The quantitative estimate of drug-likeness (QED) is 0.671. The molecule has 0 saturated carbocycles. The summed E-state index contributed by atoms with van der Waals surface area (Å²) in [5, 5.41) is 0. The minimum absolute atomic E-state index is 0.264. The first-order valence-corrected chi connectivity index (χ1v) is 10.2. The number of unbranched alkanes of at least 4 members (excludes halogenated alkanes) is 1. The van der Waals surface area contributed by atoms with Crippen molar-refractivity contribution in [3.8, 4) is 0 Å². The van der Waals surface area contributed by atoms with Crippen LogP contribution in [0.25, 0.3) is 0 Å². The molecule has 0 spiro atoms. The maximum absolute atomic E-state index is 13.0. The van der Waals surface area contributed by atoms with E-state index < -0.39 is 10.0 Å². The lowest BCUT2D eigenvalue weighted by Gasteiger charge is -2.34. The molecule has 0 bridgehead atoms. The number of hydrogen-bond acceptors (Lipinski definition) is 2. The number of allylic oxidation sites excluding steroid dienone is 1. The van der Waals surface area contributed by atoms with Gasteiger partial charge in [0.05, 0.1) is 4.90 Å². The summed E-state index contributed by atoms with van der Waals surface area (Å²) < 4.78 is 27.6. The van der Waals surface area contributed by atoms with Gasteiger partial charge < -0.3 is 0 Å². The molecule has 1 unspecified atom stereocenters. The molecule has 1 aromatic rings. The molecule has 0 amide bonds. The monoisotopic (exact) mass is 347 g/mol. The van der Waals surface area contributed by atoms with E-state index in [1.165, 1.54) is 11.1 Å². The van der Waals surface area contributed by atoms with Crippen LogP contribution in [0.4, 0.5) is 0 Å². The normalized spacial score (nSPS) is 19.5. The molecule has 0 N–H and O–H groups in total. The Morgan fingerprint density at radius 3 is 2.54 bits per heavy atom.